The van der Waals surface area contributed by atoms with Crippen molar-refractivity contribution in [1.29, 1.82) is 0 Å². The van der Waals surface area contributed by atoms with Crippen molar-refractivity contribution in [3.63, 3.8) is 0 Å². The Bertz CT molecular complexity index is 250. The third kappa shape index (κ3) is 4.97. The van der Waals surface area contributed by atoms with E-state index in [0.29, 0.717) is 37.4 Å². The van der Waals surface area contributed by atoms with E-state index in [2.05, 4.69) is 20.8 Å². The van der Waals surface area contributed by atoms with Crippen molar-refractivity contribution >= 4 is 5.97 Å². The standard InChI is InChI=1S/C15H28O3/c1-5-17-9-8-15(16)18-14-10-12(4)6-7-13(14)11(2)3/h11-14H,5-10H2,1-4H3/t12-,13-,14-/m1/s1. The molecule has 0 saturated heterocycles. The van der Waals surface area contributed by atoms with Gasteiger partial charge in [-0.1, -0.05) is 27.2 Å². The van der Waals surface area contributed by atoms with Gasteiger partial charge in [-0.25, -0.2) is 0 Å². The van der Waals surface area contributed by atoms with Crippen LogP contribution in [0.25, 0.3) is 0 Å². The van der Waals surface area contributed by atoms with Gasteiger partial charge in [0.1, 0.15) is 6.10 Å². The van der Waals surface area contributed by atoms with Crippen LogP contribution in [0.1, 0.15) is 53.4 Å². The Hall–Kier alpha value is -0.570. The number of ether oxygens (including phenoxy) is 2. The molecule has 3 nitrogen and oxygen atoms in total. The van der Waals surface area contributed by atoms with Gasteiger partial charge in [-0.3, -0.25) is 4.79 Å². The number of hydrogen-bond donors (Lipinski definition) is 0. The quantitative estimate of drug-likeness (QED) is 0.539. The lowest BCUT2D eigenvalue weighted by atomic mass is 9.75. The van der Waals surface area contributed by atoms with E-state index in [1.807, 2.05) is 6.92 Å². The highest BCUT2D eigenvalue weighted by Crippen LogP contribution is 2.35. The largest absolute Gasteiger partial charge is 0.462 e. The minimum atomic E-state index is -0.104. The number of esters is 1. The average molecular weight is 256 g/mol. The minimum Gasteiger partial charge on any atom is -0.462 e. The molecule has 0 radical (unpaired) electrons. The molecule has 0 aromatic carbocycles. The molecule has 1 aliphatic rings. The van der Waals surface area contributed by atoms with Crippen molar-refractivity contribution in [2.45, 2.75) is 59.5 Å². The molecule has 1 aliphatic carbocycles. The summed E-state index contributed by atoms with van der Waals surface area (Å²) in [5, 5.41) is 0. The Balaban J connectivity index is 2.42. The van der Waals surface area contributed by atoms with E-state index >= 15 is 0 Å². The second kappa shape index (κ2) is 7.78. The molecule has 0 aliphatic heterocycles. The SMILES string of the molecule is CCOCCC(=O)O[C@@H]1C[C@H](C)CC[C@@H]1C(C)C. The normalized spacial score (nSPS) is 28.4. The van der Waals surface area contributed by atoms with Gasteiger partial charge in [0.15, 0.2) is 0 Å². The fourth-order valence-electron chi connectivity index (χ4n) is 2.78. The molecule has 0 spiro atoms. The summed E-state index contributed by atoms with van der Waals surface area (Å²) in [5.41, 5.74) is 0. The van der Waals surface area contributed by atoms with Gasteiger partial charge in [-0.15, -0.1) is 0 Å². The van der Waals surface area contributed by atoms with Crippen LogP contribution < -0.4 is 0 Å². The molecule has 0 aromatic rings. The Labute approximate surface area is 111 Å². The third-order valence-corrected chi connectivity index (χ3v) is 3.90. The van der Waals surface area contributed by atoms with Crippen molar-refractivity contribution in [3.05, 3.63) is 0 Å². The first-order valence-electron chi connectivity index (χ1n) is 7.31. The molecule has 0 heterocycles. The number of carbonyl (C=O) groups excluding carboxylic acids is 1. The van der Waals surface area contributed by atoms with E-state index in [9.17, 15) is 4.79 Å². The molecule has 1 saturated carbocycles. The summed E-state index contributed by atoms with van der Waals surface area (Å²) in [5.74, 6) is 1.68. The summed E-state index contributed by atoms with van der Waals surface area (Å²) in [6, 6.07) is 0. The monoisotopic (exact) mass is 256 g/mol. The van der Waals surface area contributed by atoms with E-state index in [0.717, 1.165) is 6.42 Å². The molecule has 1 fully saturated rings. The van der Waals surface area contributed by atoms with E-state index in [-0.39, 0.29) is 12.1 Å². The van der Waals surface area contributed by atoms with Gasteiger partial charge < -0.3 is 9.47 Å². The molecule has 1 rings (SSSR count). The van der Waals surface area contributed by atoms with E-state index in [1.54, 1.807) is 0 Å². The van der Waals surface area contributed by atoms with Crippen molar-refractivity contribution < 1.29 is 14.3 Å². The van der Waals surface area contributed by atoms with Crippen LogP contribution in [0.4, 0.5) is 0 Å². The highest BCUT2D eigenvalue weighted by Gasteiger charge is 2.33. The van der Waals surface area contributed by atoms with Crippen molar-refractivity contribution in [3.8, 4) is 0 Å². The first-order chi connectivity index (χ1) is 8.54. The maximum Gasteiger partial charge on any atom is 0.308 e. The Morgan fingerprint density at radius 3 is 2.67 bits per heavy atom. The summed E-state index contributed by atoms with van der Waals surface area (Å²) in [4.78, 5) is 11.8. The zero-order valence-electron chi connectivity index (χ0n) is 12.3. The molecular formula is C15H28O3. The summed E-state index contributed by atoms with van der Waals surface area (Å²) in [6.45, 7) is 9.76. The lowest BCUT2D eigenvalue weighted by Crippen LogP contribution is -2.36. The zero-order chi connectivity index (χ0) is 13.5. The van der Waals surface area contributed by atoms with Crippen LogP contribution in [0.3, 0.4) is 0 Å². The minimum absolute atomic E-state index is 0.104. The van der Waals surface area contributed by atoms with E-state index < -0.39 is 0 Å². The van der Waals surface area contributed by atoms with Crippen molar-refractivity contribution in [2.75, 3.05) is 13.2 Å². The van der Waals surface area contributed by atoms with Crippen LogP contribution >= 0.6 is 0 Å². The Kier molecular flexibility index (Phi) is 6.69. The van der Waals surface area contributed by atoms with Crippen LogP contribution in [-0.2, 0) is 14.3 Å². The predicted molar refractivity (Wildman–Crippen MR) is 72.3 cm³/mol. The average Bonchev–Trinajstić information content (AvgIpc) is 2.29. The number of rotatable bonds is 6. The molecule has 0 unspecified atom stereocenters. The third-order valence-electron chi connectivity index (χ3n) is 3.90. The molecule has 0 aromatic heterocycles. The molecular weight excluding hydrogens is 228 g/mol. The van der Waals surface area contributed by atoms with Crippen LogP contribution in [0, 0.1) is 17.8 Å². The van der Waals surface area contributed by atoms with Gasteiger partial charge in [-0.05, 0) is 37.5 Å². The highest BCUT2D eigenvalue weighted by atomic mass is 16.5. The van der Waals surface area contributed by atoms with Gasteiger partial charge in [0.05, 0.1) is 13.0 Å². The van der Waals surface area contributed by atoms with Gasteiger partial charge in [0.2, 0.25) is 0 Å². The van der Waals surface area contributed by atoms with E-state index in [1.165, 1.54) is 12.8 Å². The number of carbonyl (C=O) groups is 1. The van der Waals surface area contributed by atoms with Crippen LogP contribution in [-0.4, -0.2) is 25.3 Å². The summed E-state index contributed by atoms with van der Waals surface area (Å²) < 4.78 is 10.9. The van der Waals surface area contributed by atoms with Crippen molar-refractivity contribution in [2.24, 2.45) is 17.8 Å². The topological polar surface area (TPSA) is 35.5 Å². The smallest absolute Gasteiger partial charge is 0.308 e. The summed E-state index contributed by atoms with van der Waals surface area (Å²) in [7, 11) is 0. The predicted octanol–water partition coefficient (Wildman–Crippen LogP) is 3.42. The maximum atomic E-state index is 11.8. The van der Waals surface area contributed by atoms with Crippen LogP contribution in [0.2, 0.25) is 0 Å². The fraction of sp³-hybridized carbons (Fsp3) is 0.933. The van der Waals surface area contributed by atoms with Crippen molar-refractivity contribution in [1.82, 2.24) is 0 Å². The van der Waals surface area contributed by atoms with Gasteiger partial charge in [0.25, 0.3) is 0 Å². The highest BCUT2D eigenvalue weighted by molar-refractivity contribution is 5.69. The molecule has 3 atom stereocenters. The lowest BCUT2D eigenvalue weighted by molar-refractivity contribution is -0.157. The second-order valence-corrected chi connectivity index (χ2v) is 5.80. The molecule has 18 heavy (non-hydrogen) atoms. The lowest BCUT2D eigenvalue weighted by Gasteiger charge is -2.36. The van der Waals surface area contributed by atoms with Gasteiger partial charge >= 0.3 is 5.97 Å². The fourth-order valence-corrected chi connectivity index (χ4v) is 2.78. The molecule has 0 N–H and O–H groups in total. The van der Waals surface area contributed by atoms with Crippen LogP contribution in [0.5, 0.6) is 0 Å². The molecule has 106 valence electrons. The summed E-state index contributed by atoms with van der Waals surface area (Å²) in [6.07, 6.45) is 3.95. The first-order valence-corrected chi connectivity index (χ1v) is 7.31. The maximum absolute atomic E-state index is 11.8. The van der Waals surface area contributed by atoms with Gasteiger partial charge in [0, 0.05) is 6.61 Å². The first kappa shape index (κ1) is 15.5. The van der Waals surface area contributed by atoms with Gasteiger partial charge in [-0.2, -0.15) is 0 Å². The summed E-state index contributed by atoms with van der Waals surface area (Å²) >= 11 is 0. The Morgan fingerprint density at radius 1 is 1.33 bits per heavy atom. The van der Waals surface area contributed by atoms with E-state index in [4.69, 9.17) is 9.47 Å². The van der Waals surface area contributed by atoms with Crippen LogP contribution in [0.15, 0.2) is 0 Å². The second-order valence-electron chi connectivity index (χ2n) is 5.80. The molecule has 3 heteroatoms. The number of hydrogen-bond acceptors (Lipinski definition) is 3. The zero-order valence-corrected chi connectivity index (χ0v) is 12.3. The molecule has 0 amide bonds. The Morgan fingerprint density at radius 2 is 2.06 bits per heavy atom. The molecule has 0 bridgehead atoms.